The van der Waals surface area contributed by atoms with E-state index in [1.165, 1.54) is 10.7 Å². The van der Waals surface area contributed by atoms with Crippen LogP contribution in [-0.4, -0.2) is 29.4 Å². The largest absolute Gasteiger partial charge is 0.497 e. The van der Waals surface area contributed by atoms with Gasteiger partial charge in [-0.15, -0.1) is 0 Å². The molecule has 156 valence electrons. The Kier molecular flexibility index (Phi) is 6.85. The molecule has 0 aliphatic heterocycles. The smallest absolute Gasteiger partial charge is 0.267 e. The highest BCUT2D eigenvalue weighted by atomic mass is 16.5. The maximum atomic E-state index is 12.6. The van der Waals surface area contributed by atoms with Crippen LogP contribution in [0.25, 0.3) is 11.3 Å². The molecule has 0 bridgehead atoms. The molecular formula is C23H25N3O4. The highest BCUT2D eigenvalue weighted by Gasteiger charge is 2.18. The zero-order chi connectivity index (χ0) is 21.5. The van der Waals surface area contributed by atoms with Crippen LogP contribution in [0.1, 0.15) is 25.5 Å². The first-order chi connectivity index (χ1) is 14.5. The van der Waals surface area contributed by atoms with E-state index in [0.717, 1.165) is 22.6 Å². The Morgan fingerprint density at radius 1 is 1.10 bits per heavy atom. The van der Waals surface area contributed by atoms with Crippen molar-refractivity contribution in [1.82, 2.24) is 15.1 Å². The van der Waals surface area contributed by atoms with Gasteiger partial charge in [-0.2, -0.15) is 5.10 Å². The maximum absolute atomic E-state index is 12.6. The summed E-state index contributed by atoms with van der Waals surface area (Å²) in [5.74, 6) is 1.19. The third-order valence-electron chi connectivity index (χ3n) is 4.63. The zero-order valence-corrected chi connectivity index (χ0v) is 17.3. The topological polar surface area (TPSA) is 82.5 Å². The minimum absolute atomic E-state index is 0.295. The summed E-state index contributed by atoms with van der Waals surface area (Å²) >= 11 is 0. The number of carbonyl (C=O) groups is 1. The standard InChI is InChI=1S/C23H25N3O4/c1-4-30-19-10-8-18(9-11-19)21-12-13-22(27)26(25-21)16(2)23(28)24-15-17-6-5-7-20(14-17)29-3/h5-14,16H,4,15H2,1-3H3,(H,24,28). The average molecular weight is 407 g/mol. The van der Waals surface area contributed by atoms with Gasteiger partial charge in [-0.05, 0) is 61.9 Å². The van der Waals surface area contributed by atoms with E-state index in [0.29, 0.717) is 18.8 Å². The zero-order valence-electron chi connectivity index (χ0n) is 17.3. The number of hydrogen-bond donors (Lipinski definition) is 1. The first-order valence-corrected chi connectivity index (χ1v) is 9.75. The summed E-state index contributed by atoms with van der Waals surface area (Å²) in [5.41, 5.74) is 1.99. The van der Waals surface area contributed by atoms with E-state index in [-0.39, 0.29) is 11.5 Å². The molecule has 0 saturated heterocycles. The minimum Gasteiger partial charge on any atom is -0.497 e. The molecule has 0 saturated carbocycles. The summed E-state index contributed by atoms with van der Waals surface area (Å²) in [5, 5.41) is 7.25. The Morgan fingerprint density at radius 2 is 1.87 bits per heavy atom. The van der Waals surface area contributed by atoms with Crippen LogP contribution in [0.3, 0.4) is 0 Å². The highest BCUT2D eigenvalue weighted by molar-refractivity contribution is 5.79. The summed E-state index contributed by atoms with van der Waals surface area (Å²) in [6.45, 7) is 4.49. The molecule has 0 aliphatic carbocycles. The molecule has 1 N–H and O–H groups in total. The second-order valence-corrected chi connectivity index (χ2v) is 6.70. The van der Waals surface area contributed by atoms with E-state index >= 15 is 0 Å². The highest BCUT2D eigenvalue weighted by Crippen LogP contribution is 2.20. The molecule has 0 fully saturated rings. The molecule has 0 aliphatic rings. The molecule has 2 aromatic carbocycles. The van der Waals surface area contributed by atoms with Crippen molar-refractivity contribution in [3.8, 4) is 22.8 Å². The number of rotatable bonds is 8. The Morgan fingerprint density at radius 3 is 2.57 bits per heavy atom. The number of amides is 1. The van der Waals surface area contributed by atoms with Crippen LogP contribution in [0.15, 0.2) is 65.5 Å². The lowest BCUT2D eigenvalue weighted by molar-refractivity contribution is -0.124. The Labute approximate surface area is 175 Å². The van der Waals surface area contributed by atoms with Crippen LogP contribution < -0.4 is 20.3 Å². The van der Waals surface area contributed by atoms with Gasteiger partial charge in [-0.1, -0.05) is 12.1 Å². The van der Waals surface area contributed by atoms with Crippen molar-refractivity contribution < 1.29 is 14.3 Å². The molecule has 3 aromatic rings. The fraction of sp³-hybridized carbons (Fsp3) is 0.261. The fourth-order valence-electron chi connectivity index (χ4n) is 2.98. The lowest BCUT2D eigenvalue weighted by atomic mass is 10.1. The number of benzene rings is 2. The van der Waals surface area contributed by atoms with E-state index in [4.69, 9.17) is 9.47 Å². The van der Waals surface area contributed by atoms with Gasteiger partial charge in [-0.25, -0.2) is 4.68 Å². The van der Waals surface area contributed by atoms with Crippen molar-refractivity contribution in [3.63, 3.8) is 0 Å². The monoisotopic (exact) mass is 407 g/mol. The number of hydrogen-bond acceptors (Lipinski definition) is 5. The summed E-state index contributed by atoms with van der Waals surface area (Å²) < 4.78 is 11.8. The van der Waals surface area contributed by atoms with Crippen molar-refractivity contribution in [2.45, 2.75) is 26.4 Å². The SMILES string of the molecule is CCOc1ccc(-c2ccc(=O)n(C(C)C(=O)NCc3cccc(OC)c3)n2)cc1. The number of carbonyl (C=O) groups excluding carboxylic acids is 1. The van der Waals surface area contributed by atoms with Gasteiger partial charge in [0.1, 0.15) is 17.5 Å². The lowest BCUT2D eigenvalue weighted by Crippen LogP contribution is -2.36. The van der Waals surface area contributed by atoms with Crippen LogP contribution >= 0.6 is 0 Å². The molecule has 1 amide bonds. The van der Waals surface area contributed by atoms with Gasteiger partial charge in [0, 0.05) is 18.2 Å². The fourth-order valence-corrected chi connectivity index (χ4v) is 2.98. The number of nitrogens with zero attached hydrogens (tertiary/aromatic N) is 2. The average Bonchev–Trinajstić information content (AvgIpc) is 2.78. The van der Waals surface area contributed by atoms with E-state index in [1.807, 2.05) is 55.5 Å². The van der Waals surface area contributed by atoms with Gasteiger partial charge in [0.15, 0.2) is 0 Å². The van der Waals surface area contributed by atoms with E-state index in [1.54, 1.807) is 20.1 Å². The molecule has 0 spiro atoms. The first kappa shape index (κ1) is 21.1. The van der Waals surface area contributed by atoms with Crippen molar-refractivity contribution in [1.29, 1.82) is 0 Å². The predicted octanol–water partition coefficient (Wildman–Crippen LogP) is 3.20. The summed E-state index contributed by atoms with van der Waals surface area (Å²) in [6, 6.07) is 17.2. The summed E-state index contributed by atoms with van der Waals surface area (Å²) in [6.07, 6.45) is 0. The third-order valence-corrected chi connectivity index (χ3v) is 4.63. The first-order valence-electron chi connectivity index (χ1n) is 9.75. The second kappa shape index (κ2) is 9.73. The molecule has 1 aromatic heterocycles. The number of aromatic nitrogens is 2. The molecule has 1 atom stereocenters. The molecule has 7 nitrogen and oxygen atoms in total. The molecule has 0 radical (unpaired) electrons. The molecule has 7 heteroatoms. The van der Waals surface area contributed by atoms with Crippen LogP contribution in [0.5, 0.6) is 11.5 Å². The van der Waals surface area contributed by atoms with Crippen molar-refractivity contribution in [3.05, 3.63) is 76.6 Å². The third kappa shape index (κ3) is 5.05. The van der Waals surface area contributed by atoms with Gasteiger partial charge in [0.2, 0.25) is 5.91 Å². The molecular weight excluding hydrogens is 382 g/mol. The normalized spacial score (nSPS) is 11.6. The van der Waals surface area contributed by atoms with Crippen LogP contribution in [0.4, 0.5) is 0 Å². The van der Waals surface area contributed by atoms with Crippen molar-refractivity contribution in [2.24, 2.45) is 0 Å². The molecule has 3 rings (SSSR count). The molecule has 1 unspecified atom stereocenters. The second-order valence-electron chi connectivity index (χ2n) is 6.70. The van der Waals surface area contributed by atoms with Crippen molar-refractivity contribution in [2.75, 3.05) is 13.7 Å². The minimum atomic E-state index is -0.759. The number of ether oxygens (including phenoxy) is 2. The quantitative estimate of drug-likeness (QED) is 0.620. The van der Waals surface area contributed by atoms with Gasteiger partial charge in [-0.3, -0.25) is 9.59 Å². The maximum Gasteiger partial charge on any atom is 0.267 e. The van der Waals surface area contributed by atoms with Gasteiger partial charge in [0.05, 0.1) is 19.4 Å². The predicted molar refractivity (Wildman–Crippen MR) is 115 cm³/mol. The molecule has 30 heavy (non-hydrogen) atoms. The van der Waals surface area contributed by atoms with Gasteiger partial charge in [0.25, 0.3) is 5.56 Å². The summed E-state index contributed by atoms with van der Waals surface area (Å²) in [4.78, 5) is 25.0. The Balaban J connectivity index is 1.74. The lowest BCUT2D eigenvalue weighted by Gasteiger charge is -2.15. The van der Waals surface area contributed by atoms with E-state index in [2.05, 4.69) is 10.4 Å². The number of nitrogens with one attached hydrogen (secondary N) is 1. The number of methoxy groups -OCH3 is 1. The van der Waals surface area contributed by atoms with E-state index in [9.17, 15) is 9.59 Å². The van der Waals surface area contributed by atoms with Crippen LogP contribution in [0, 0.1) is 0 Å². The summed E-state index contributed by atoms with van der Waals surface area (Å²) in [7, 11) is 1.59. The van der Waals surface area contributed by atoms with Crippen molar-refractivity contribution >= 4 is 5.91 Å². The van der Waals surface area contributed by atoms with Crippen LogP contribution in [0.2, 0.25) is 0 Å². The van der Waals surface area contributed by atoms with E-state index < -0.39 is 6.04 Å². The van der Waals surface area contributed by atoms with Crippen LogP contribution in [-0.2, 0) is 11.3 Å². The van der Waals surface area contributed by atoms with Gasteiger partial charge < -0.3 is 14.8 Å². The Hall–Kier alpha value is -3.61. The molecule has 1 heterocycles. The Bertz CT molecular complexity index is 1060. The van der Waals surface area contributed by atoms with Gasteiger partial charge >= 0.3 is 0 Å².